The van der Waals surface area contributed by atoms with Gasteiger partial charge >= 0.3 is 5.97 Å². The van der Waals surface area contributed by atoms with Crippen molar-refractivity contribution < 1.29 is 15.0 Å². The first-order chi connectivity index (χ1) is 9.15. The molecule has 0 aliphatic rings. The van der Waals surface area contributed by atoms with Gasteiger partial charge in [0.15, 0.2) is 0 Å². The van der Waals surface area contributed by atoms with E-state index in [0.29, 0.717) is 12.0 Å². The van der Waals surface area contributed by atoms with Gasteiger partial charge in [-0.05, 0) is 16.7 Å². The molecule has 3 heteroatoms. The molecule has 19 heavy (non-hydrogen) atoms. The number of hydrogen-bond acceptors (Lipinski definition) is 2. The van der Waals surface area contributed by atoms with Gasteiger partial charge < -0.3 is 10.2 Å². The molecule has 0 saturated heterocycles. The fraction of sp³-hybridized carbons (Fsp3) is 0.188. The van der Waals surface area contributed by atoms with Crippen molar-refractivity contribution in [1.82, 2.24) is 0 Å². The molecule has 2 rings (SSSR count). The van der Waals surface area contributed by atoms with Gasteiger partial charge in [0.2, 0.25) is 0 Å². The summed E-state index contributed by atoms with van der Waals surface area (Å²) in [6.45, 7) is 0. The lowest BCUT2D eigenvalue weighted by Gasteiger charge is -2.12. The molecule has 2 aromatic carbocycles. The van der Waals surface area contributed by atoms with Crippen molar-refractivity contribution in [3.8, 4) is 0 Å². The van der Waals surface area contributed by atoms with Crippen LogP contribution in [0.15, 0.2) is 54.6 Å². The maximum Gasteiger partial charge on any atom is 0.307 e. The lowest BCUT2D eigenvalue weighted by molar-refractivity contribution is -0.136. The number of rotatable bonds is 5. The lowest BCUT2D eigenvalue weighted by atomic mass is 9.99. The van der Waals surface area contributed by atoms with E-state index in [9.17, 15) is 9.90 Å². The van der Waals surface area contributed by atoms with Crippen LogP contribution < -0.4 is 0 Å². The van der Waals surface area contributed by atoms with Gasteiger partial charge in [-0.15, -0.1) is 0 Å². The Labute approximate surface area is 112 Å². The Hall–Kier alpha value is -2.13. The third-order valence-electron chi connectivity index (χ3n) is 2.96. The van der Waals surface area contributed by atoms with Gasteiger partial charge in [-0.25, -0.2) is 0 Å². The first-order valence-corrected chi connectivity index (χ1v) is 6.18. The smallest absolute Gasteiger partial charge is 0.307 e. The SMILES string of the molecule is O=C(O)Cc1cccc(C(O)Cc2ccccc2)c1. The monoisotopic (exact) mass is 256 g/mol. The van der Waals surface area contributed by atoms with E-state index in [0.717, 1.165) is 11.1 Å². The highest BCUT2D eigenvalue weighted by molar-refractivity contribution is 5.70. The van der Waals surface area contributed by atoms with Crippen molar-refractivity contribution in [2.24, 2.45) is 0 Å². The van der Waals surface area contributed by atoms with Crippen molar-refractivity contribution in [2.45, 2.75) is 18.9 Å². The van der Waals surface area contributed by atoms with Gasteiger partial charge in [0.1, 0.15) is 0 Å². The van der Waals surface area contributed by atoms with Crippen LogP contribution in [0.2, 0.25) is 0 Å². The van der Waals surface area contributed by atoms with Crippen LogP contribution in [0.25, 0.3) is 0 Å². The van der Waals surface area contributed by atoms with E-state index >= 15 is 0 Å². The molecule has 1 unspecified atom stereocenters. The minimum Gasteiger partial charge on any atom is -0.481 e. The van der Waals surface area contributed by atoms with Crippen LogP contribution in [0.3, 0.4) is 0 Å². The molecule has 0 aliphatic carbocycles. The summed E-state index contributed by atoms with van der Waals surface area (Å²) in [4.78, 5) is 10.7. The maximum absolute atomic E-state index is 10.7. The molecule has 0 heterocycles. The van der Waals surface area contributed by atoms with Crippen LogP contribution in [0.5, 0.6) is 0 Å². The summed E-state index contributed by atoms with van der Waals surface area (Å²) >= 11 is 0. The van der Waals surface area contributed by atoms with Crippen LogP contribution in [0, 0.1) is 0 Å². The number of benzene rings is 2. The number of aliphatic hydroxyl groups is 1. The van der Waals surface area contributed by atoms with Gasteiger partial charge in [0, 0.05) is 6.42 Å². The minimum absolute atomic E-state index is 0.0219. The minimum atomic E-state index is -0.866. The Kier molecular flexibility index (Phi) is 4.31. The van der Waals surface area contributed by atoms with E-state index < -0.39 is 12.1 Å². The molecule has 0 spiro atoms. The average Bonchev–Trinajstić information content (AvgIpc) is 2.39. The van der Waals surface area contributed by atoms with E-state index in [-0.39, 0.29) is 6.42 Å². The van der Waals surface area contributed by atoms with Gasteiger partial charge in [0.25, 0.3) is 0 Å². The number of aliphatic hydroxyl groups excluding tert-OH is 1. The molecule has 0 saturated carbocycles. The zero-order chi connectivity index (χ0) is 13.7. The quantitative estimate of drug-likeness (QED) is 0.864. The third-order valence-corrected chi connectivity index (χ3v) is 2.96. The predicted octanol–water partition coefficient (Wildman–Crippen LogP) is 2.59. The lowest BCUT2D eigenvalue weighted by Crippen LogP contribution is -2.04. The van der Waals surface area contributed by atoms with Crippen molar-refractivity contribution in [3.05, 3.63) is 71.3 Å². The first kappa shape index (κ1) is 13.3. The number of hydrogen-bond donors (Lipinski definition) is 2. The molecule has 0 fully saturated rings. The molecule has 0 radical (unpaired) electrons. The van der Waals surface area contributed by atoms with Gasteiger partial charge in [0.05, 0.1) is 12.5 Å². The second-order valence-corrected chi connectivity index (χ2v) is 4.52. The number of carboxylic acids is 1. The second-order valence-electron chi connectivity index (χ2n) is 4.52. The summed E-state index contributed by atoms with van der Waals surface area (Å²) in [7, 11) is 0. The van der Waals surface area contributed by atoms with Gasteiger partial charge in [-0.3, -0.25) is 4.79 Å². The Balaban J connectivity index is 2.10. The Morgan fingerprint density at radius 1 is 1.00 bits per heavy atom. The molecule has 0 bridgehead atoms. The largest absolute Gasteiger partial charge is 0.481 e. The molecular weight excluding hydrogens is 240 g/mol. The van der Waals surface area contributed by atoms with Crippen LogP contribution in [0.4, 0.5) is 0 Å². The predicted molar refractivity (Wildman–Crippen MR) is 72.9 cm³/mol. The van der Waals surface area contributed by atoms with Gasteiger partial charge in [-0.2, -0.15) is 0 Å². The van der Waals surface area contributed by atoms with E-state index in [1.165, 1.54) is 0 Å². The summed E-state index contributed by atoms with van der Waals surface area (Å²) < 4.78 is 0. The van der Waals surface area contributed by atoms with Crippen LogP contribution >= 0.6 is 0 Å². The molecule has 0 aliphatic heterocycles. The van der Waals surface area contributed by atoms with Crippen LogP contribution in [-0.4, -0.2) is 16.2 Å². The maximum atomic E-state index is 10.7. The third kappa shape index (κ3) is 3.93. The molecule has 1 atom stereocenters. The van der Waals surface area contributed by atoms with Crippen LogP contribution in [-0.2, 0) is 17.6 Å². The highest BCUT2D eigenvalue weighted by Crippen LogP contribution is 2.19. The molecule has 3 nitrogen and oxygen atoms in total. The van der Waals surface area contributed by atoms with Crippen molar-refractivity contribution >= 4 is 5.97 Å². The molecular formula is C16H16O3. The first-order valence-electron chi connectivity index (χ1n) is 6.18. The highest BCUT2D eigenvalue weighted by atomic mass is 16.4. The summed E-state index contributed by atoms with van der Waals surface area (Å²) in [6, 6.07) is 16.8. The van der Waals surface area contributed by atoms with Crippen LogP contribution in [0.1, 0.15) is 22.8 Å². The Morgan fingerprint density at radius 2 is 1.68 bits per heavy atom. The average molecular weight is 256 g/mol. The summed E-state index contributed by atoms with van der Waals surface area (Å²) in [5.41, 5.74) is 2.51. The molecule has 0 amide bonds. The van der Waals surface area contributed by atoms with Crippen molar-refractivity contribution in [1.29, 1.82) is 0 Å². The van der Waals surface area contributed by atoms with Crippen molar-refractivity contribution in [2.75, 3.05) is 0 Å². The fourth-order valence-corrected chi connectivity index (χ4v) is 2.04. The topological polar surface area (TPSA) is 57.5 Å². The van der Waals surface area contributed by atoms with E-state index in [1.54, 1.807) is 18.2 Å². The zero-order valence-electron chi connectivity index (χ0n) is 10.5. The number of aliphatic carboxylic acids is 1. The Morgan fingerprint density at radius 3 is 2.37 bits per heavy atom. The fourth-order valence-electron chi connectivity index (χ4n) is 2.04. The van der Waals surface area contributed by atoms with E-state index in [4.69, 9.17) is 5.11 Å². The number of carboxylic acid groups (broad SMARTS) is 1. The summed E-state index contributed by atoms with van der Waals surface area (Å²) in [5.74, 6) is -0.866. The zero-order valence-corrected chi connectivity index (χ0v) is 10.5. The van der Waals surface area contributed by atoms with E-state index in [1.807, 2.05) is 36.4 Å². The summed E-state index contributed by atoms with van der Waals surface area (Å²) in [6.07, 6.45) is -0.111. The normalized spacial score (nSPS) is 12.1. The molecule has 2 N–H and O–H groups in total. The molecule has 0 aromatic heterocycles. The second kappa shape index (κ2) is 6.16. The van der Waals surface area contributed by atoms with Gasteiger partial charge in [-0.1, -0.05) is 54.6 Å². The van der Waals surface area contributed by atoms with Crippen molar-refractivity contribution in [3.63, 3.8) is 0 Å². The highest BCUT2D eigenvalue weighted by Gasteiger charge is 2.10. The standard InChI is InChI=1S/C16H16O3/c17-15(10-12-5-2-1-3-6-12)14-8-4-7-13(9-14)11-16(18)19/h1-9,15,17H,10-11H2,(H,18,19). The molecule has 2 aromatic rings. The molecule has 98 valence electrons. The Bertz CT molecular complexity index is 549. The number of carbonyl (C=O) groups is 1. The summed E-state index contributed by atoms with van der Waals surface area (Å²) in [5, 5.41) is 19.0. The van der Waals surface area contributed by atoms with E-state index in [2.05, 4.69) is 0 Å².